The van der Waals surface area contributed by atoms with E-state index in [1.54, 1.807) is 24.3 Å². The SMILES string of the molecule is CC(=O)/C=C/C=C/c1ccc(Cl)cc1Cl. The number of carbonyl (C=O) groups excluding carboxylic acids is 1. The molecule has 1 nitrogen and oxygen atoms in total. The molecular weight excluding hydrogens is 231 g/mol. The Morgan fingerprint density at radius 3 is 2.60 bits per heavy atom. The third kappa shape index (κ3) is 4.32. The zero-order valence-electron chi connectivity index (χ0n) is 8.21. The molecule has 0 amide bonds. The molecule has 15 heavy (non-hydrogen) atoms. The Morgan fingerprint density at radius 2 is 2.00 bits per heavy atom. The molecule has 3 heteroatoms. The van der Waals surface area contributed by atoms with Gasteiger partial charge in [-0.15, -0.1) is 0 Å². The minimum absolute atomic E-state index is 0.0156. The summed E-state index contributed by atoms with van der Waals surface area (Å²) in [5.74, 6) is 0.0156. The molecular formula is C12H10Cl2O. The van der Waals surface area contributed by atoms with E-state index in [-0.39, 0.29) is 5.78 Å². The van der Waals surface area contributed by atoms with Crippen molar-refractivity contribution in [1.82, 2.24) is 0 Å². The second kappa shape index (κ2) is 5.74. The number of hydrogen-bond acceptors (Lipinski definition) is 1. The van der Waals surface area contributed by atoms with Gasteiger partial charge in [0.2, 0.25) is 0 Å². The standard InChI is InChI=1S/C12H10Cl2O/c1-9(15)4-2-3-5-10-6-7-11(13)8-12(10)14/h2-8H,1H3/b4-2+,5-3+. The Labute approximate surface area is 99.0 Å². The van der Waals surface area contributed by atoms with E-state index < -0.39 is 0 Å². The molecule has 0 aliphatic rings. The van der Waals surface area contributed by atoms with E-state index in [2.05, 4.69) is 0 Å². The van der Waals surface area contributed by atoms with Crippen LogP contribution in [0.25, 0.3) is 6.08 Å². The van der Waals surface area contributed by atoms with Gasteiger partial charge in [-0.2, -0.15) is 0 Å². The highest BCUT2D eigenvalue weighted by Gasteiger charge is 1.95. The average molecular weight is 241 g/mol. The number of benzene rings is 1. The first-order valence-electron chi connectivity index (χ1n) is 4.40. The molecule has 78 valence electrons. The van der Waals surface area contributed by atoms with Crippen LogP contribution in [0.5, 0.6) is 0 Å². The zero-order chi connectivity index (χ0) is 11.3. The topological polar surface area (TPSA) is 17.1 Å². The van der Waals surface area contributed by atoms with E-state index in [1.165, 1.54) is 13.0 Å². The lowest BCUT2D eigenvalue weighted by Crippen LogP contribution is -1.78. The van der Waals surface area contributed by atoms with Crippen LogP contribution in [-0.2, 0) is 4.79 Å². The second-order valence-corrected chi connectivity index (χ2v) is 3.84. The largest absolute Gasteiger partial charge is 0.295 e. The summed E-state index contributed by atoms with van der Waals surface area (Å²) in [7, 11) is 0. The molecule has 0 unspecified atom stereocenters. The van der Waals surface area contributed by atoms with Crippen molar-refractivity contribution in [2.75, 3.05) is 0 Å². The van der Waals surface area contributed by atoms with E-state index in [0.717, 1.165) is 5.56 Å². The highest BCUT2D eigenvalue weighted by molar-refractivity contribution is 6.35. The average Bonchev–Trinajstić information content (AvgIpc) is 2.14. The van der Waals surface area contributed by atoms with Crippen molar-refractivity contribution in [1.29, 1.82) is 0 Å². The quantitative estimate of drug-likeness (QED) is 0.573. The van der Waals surface area contributed by atoms with Crippen LogP contribution in [0.1, 0.15) is 12.5 Å². The number of rotatable bonds is 3. The Bertz CT molecular complexity index is 420. The predicted molar refractivity (Wildman–Crippen MR) is 65.3 cm³/mol. The summed E-state index contributed by atoms with van der Waals surface area (Å²) in [6, 6.07) is 5.27. The van der Waals surface area contributed by atoms with Crippen molar-refractivity contribution < 1.29 is 4.79 Å². The van der Waals surface area contributed by atoms with Crippen molar-refractivity contribution >= 4 is 35.1 Å². The van der Waals surface area contributed by atoms with Crippen molar-refractivity contribution in [3.05, 3.63) is 52.0 Å². The predicted octanol–water partition coefficient (Wildman–Crippen LogP) is 4.15. The minimum atomic E-state index is 0.0156. The van der Waals surface area contributed by atoms with E-state index in [4.69, 9.17) is 23.2 Å². The fraction of sp³-hybridized carbons (Fsp3) is 0.0833. The summed E-state index contributed by atoms with van der Waals surface area (Å²) in [4.78, 5) is 10.6. The lowest BCUT2D eigenvalue weighted by atomic mass is 10.2. The van der Waals surface area contributed by atoms with Gasteiger partial charge in [-0.05, 0) is 30.7 Å². The Hall–Kier alpha value is -1.05. The molecule has 1 aromatic carbocycles. The molecule has 0 bridgehead atoms. The molecule has 0 aliphatic heterocycles. The Kier molecular flexibility index (Phi) is 4.60. The molecule has 0 fully saturated rings. The molecule has 1 aromatic rings. The molecule has 0 N–H and O–H groups in total. The number of halogens is 2. The van der Waals surface area contributed by atoms with Crippen LogP contribution in [0.2, 0.25) is 10.0 Å². The summed E-state index contributed by atoms with van der Waals surface area (Å²) < 4.78 is 0. The van der Waals surface area contributed by atoms with E-state index >= 15 is 0 Å². The van der Waals surface area contributed by atoms with E-state index in [1.807, 2.05) is 12.1 Å². The maximum atomic E-state index is 10.6. The van der Waals surface area contributed by atoms with Crippen LogP contribution < -0.4 is 0 Å². The zero-order valence-corrected chi connectivity index (χ0v) is 9.72. The van der Waals surface area contributed by atoms with Crippen molar-refractivity contribution in [3.8, 4) is 0 Å². The molecule has 1 rings (SSSR count). The maximum absolute atomic E-state index is 10.6. The second-order valence-electron chi connectivity index (χ2n) is 2.99. The monoisotopic (exact) mass is 240 g/mol. The third-order valence-electron chi connectivity index (χ3n) is 1.68. The Morgan fingerprint density at radius 1 is 1.27 bits per heavy atom. The van der Waals surface area contributed by atoms with Gasteiger partial charge in [-0.1, -0.05) is 47.5 Å². The first-order valence-corrected chi connectivity index (χ1v) is 5.15. The van der Waals surface area contributed by atoms with Gasteiger partial charge in [0.15, 0.2) is 5.78 Å². The van der Waals surface area contributed by atoms with Crippen LogP contribution in [0.4, 0.5) is 0 Å². The number of carbonyl (C=O) groups is 1. The summed E-state index contributed by atoms with van der Waals surface area (Å²) >= 11 is 11.7. The molecule has 0 heterocycles. The third-order valence-corrected chi connectivity index (χ3v) is 2.24. The molecule has 0 saturated heterocycles. The molecule has 0 saturated carbocycles. The molecule has 0 aliphatic carbocycles. The van der Waals surface area contributed by atoms with Crippen molar-refractivity contribution in [2.45, 2.75) is 6.92 Å². The minimum Gasteiger partial charge on any atom is -0.295 e. The van der Waals surface area contributed by atoms with Crippen molar-refractivity contribution in [3.63, 3.8) is 0 Å². The first-order chi connectivity index (χ1) is 7.09. The lowest BCUT2D eigenvalue weighted by Gasteiger charge is -1.97. The van der Waals surface area contributed by atoms with Crippen LogP contribution in [-0.4, -0.2) is 5.78 Å². The van der Waals surface area contributed by atoms with Crippen LogP contribution in [0.3, 0.4) is 0 Å². The van der Waals surface area contributed by atoms with Gasteiger partial charge in [-0.25, -0.2) is 0 Å². The fourth-order valence-electron chi connectivity index (χ4n) is 0.987. The van der Waals surface area contributed by atoms with Gasteiger partial charge in [0.1, 0.15) is 0 Å². The van der Waals surface area contributed by atoms with Gasteiger partial charge in [0.25, 0.3) is 0 Å². The highest BCUT2D eigenvalue weighted by Crippen LogP contribution is 2.21. The van der Waals surface area contributed by atoms with Crippen LogP contribution in [0.15, 0.2) is 36.4 Å². The molecule has 0 radical (unpaired) electrons. The van der Waals surface area contributed by atoms with Gasteiger partial charge in [-0.3, -0.25) is 4.79 Å². The number of allylic oxidation sites excluding steroid dienone is 3. The normalized spacial score (nSPS) is 11.4. The first kappa shape index (κ1) is 12.0. The molecule has 0 spiro atoms. The van der Waals surface area contributed by atoms with Gasteiger partial charge >= 0.3 is 0 Å². The van der Waals surface area contributed by atoms with Gasteiger partial charge in [0.05, 0.1) is 0 Å². The fourth-order valence-corrected chi connectivity index (χ4v) is 1.46. The smallest absolute Gasteiger partial charge is 0.152 e. The highest BCUT2D eigenvalue weighted by atomic mass is 35.5. The summed E-state index contributed by atoms with van der Waals surface area (Å²) in [6.07, 6.45) is 6.74. The lowest BCUT2D eigenvalue weighted by molar-refractivity contribution is -0.112. The van der Waals surface area contributed by atoms with E-state index in [0.29, 0.717) is 10.0 Å². The van der Waals surface area contributed by atoms with E-state index in [9.17, 15) is 4.79 Å². The summed E-state index contributed by atoms with van der Waals surface area (Å²) in [5.41, 5.74) is 0.870. The van der Waals surface area contributed by atoms with Gasteiger partial charge in [0, 0.05) is 10.0 Å². The van der Waals surface area contributed by atoms with Crippen LogP contribution in [0, 0.1) is 0 Å². The number of ketones is 1. The number of hydrogen-bond donors (Lipinski definition) is 0. The maximum Gasteiger partial charge on any atom is 0.152 e. The summed E-state index contributed by atoms with van der Waals surface area (Å²) in [5, 5.41) is 1.20. The Balaban J connectivity index is 2.77. The van der Waals surface area contributed by atoms with Crippen molar-refractivity contribution in [2.24, 2.45) is 0 Å². The van der Waals surface area contributed by atoms with Gasteiger partial charge < -0.3 is 0 Å². The summed E-state index contributed by atoms with van der Waals surface area (Å²) in [6.45, 7) is 1.50. The van der Waals surface area contributed by atoms with Crippen LogP contribution >= 0.6 is 23.2 Å². The molecule has 0 atom stereocenters. The molecule has 0 aromatic heterocycles.